The quantitative estimate of drug-likeness (QED) is 0.703. The van der Waals surface area contributed by atoms with Gasteiger partial charge in [-0.3, -0.25) is 9.80 Å². The minimum atomic E-state index is 1.05. The second-order valence-electron chi connectivity index (χ2n) is 5.74. The van der Waals surface area contributed by atoms with Crippen LogP contribution >= 0.6 is 12.2 Å². The Hall–Kier alpha value is -0.390. The van der Waals surface area contributed by atoms with Gasteiger partial charge in [0.1, 0.15) is 0 Å². The Bertz CT molecular complexity index is 269. The summed E-state index contributed by atoms with van der Waals surface area (Å²) in [4.78, 5) is 9.84. The monoisotopic (exact) mass is 268 g/mol. The molecule has 3 saturated heterocycles. The van der Waals surface area contributed by atoms with Crippen molar-refractivity contribution in [2.24, 2.45) is 0 Å². The van der Waals surface area contributed by atoms with Crippen LogP contribution in [0.15, 0.2) is 0 Å². The van der Waals surface area contributed by atoms with Crippen molar-refractivity contribution in [3.8, 4) is 0 Å². The van der Waals surface area contributed by atoms with Gasteiger partial charge in [-0.2, -0.15) is 0 Å². The largest absolute Gasteiger partial charge is 0.334 e. The molecule has 0 spiro atoms. The maximum Gasteiger partial charge on any atom is 0.173 e. The van der Waals surface area contributed by atoms with Crippen molar-refractivity contribution in [3.05, 3.63) is 0 Å². The minimum absolute atomic E-state index is 1.05. The van der Waals surface area contributed by atoms with E-state index in [1.54, 1.807) is 0 Å². The van der Waals surface area contributed by atoms with Crippen LogP contribution in [0, 0.1) is 0 Å². The van der Waals surface area contributed by atoms with E-state index in [2.05, 4.69) is 19.6 Å². The fourth-order valence-electron chi connectivity index (χ4n) is 3.23. The molecule has 3 aliphatic heterocycles. The van der Waals surface area contributed by atoms with Crippen LogP contribution in [0.5, 0.6) is 0 Å². The zero-order valence-electron chi connectivity index (χ0n) is 11.2. The molecule has 0 aromatic rings. The second kappa shape index (κ2) is 5.72. The highest BCUT2D eigenvalue weighted by Crippen LogP contribution is 2.16. The van der Waals surface area contributed by atoms with Crippen LogP contribution in [0.2, 0.25) is 0 Å². The van der Waals surface area contributed by atoms with Crippen molar-refractivity contribution in [3.63, 3.8) is 0 Å². The molecule has 18 heavy (non-hydrogen) atoms. The van der Waals surface area contributed by atoms with E-state index >= 15 is 0 Å². The first-order chi connectivity index (χ1) is 8.83. The summed E-state index contributed by atoms with van der Waals surface area (Å²) >= 11 is 5.63. The van der Waals surface area contributed by atoms with Gasteiger partial charge in [-0.15, -0.1) is 0 Å². The van der Waals surface area contributed by atoms with Crippen molar-refractivity contribution in [2.45, 2.75) is 25.7 Å². The lowest BCUT2D eigenvalue weighted by Crippen LogP contribution is -2.42. The van der Waals surface area contributed by atoms with Crippen LogP contribution in [-0.4, -0.2) is 77.3 Å². The smallest absolute Gasteiger partial charge is 0.173 e. The van der Waals surface area contributed by atoms with E-state index in [1.807, 2.05) is 0 Å². The summed E-state index contributed by atoms with van der Waals surface area (Å²) in [7, 11) is 0. The molecule has 5 heteroatoms. The predicted molar refractivity (Wildman–Crippen MR) is 77.4 cm³/mol. The van der Waals surface area contributed by atoms with E-state index in [-0.39, 0.29) is 0 Å². The number of nitrogens with zero attached hydrogens (tertiary/aromatic N) is 4. The molecule has 3 fully saturated rings. The summed E-state index contributed by atoms with van der Waals surface area (Å²) in [5.74, 6) is 0. The van der Waals surface area contributed by atoms with Gasteiger partial charge in [0.15, 0.2) is 5.11 Å². The third kappa shape index (κ3) is 2.78. The fraction of sp³-hybridized carbons (Fsp3) is 0.923. The van der Waals surface area contributed by atoms with Gasteiger partial charge in [0.05, 0.1) is 13.3 Å². The zero-order chi connectivity index (χ0) is 12.4. The van der Waals surface area contributed by atoms with Gasteiger partial charge in [0.2, 0.25) is 0 Å². The molecule has 0 aliphatic carbocycles. The van der Waals surface area contributed by atoms with Crippen molar-refractivity contribution < 1.29 is 0 Å². The summed E-state index contributed by atoms with van der Waals surface area (Å²) in [5, 5.41) is 1.08. The molecule has 4 nitrogen and oxygen atoms in total. The highest BCUT2D eigenvalue weighted by molar-refractivity contribution is 7.80. The lowest BCUT2D eigenvalue weighted by molar-refractivity contribution is 0.231. The zero-order valence-corrected chi connectivity index (χ0v) is 12.0. The molecular weight excluding hydrogens is 244 g/mol. The van der Waals surface area contributed by atoms with Gasteiger partial charge in [-0.25, -0.2) is 0 Å². The van der Waals surface area contributed by atoms with E-state index in [9.17, 15) is 0 Å². The molecule has 102 valence electrons. The molecule has 0 unspecified atom stereocenters. The molecule has 0 aromatic carbocycles. The Labute approximate surface area is 115 Å². The van der Waals surface area contributed by atoms with Crippen LogP contribution < -0.4 is 0 Å². The average molecular weight is 268 g/mol. The Morgan fingerprint density at radius 3 is 1.44 bits per heavy atom. The summed E-state index contributed by atoms with van der Waals surface area (Å²) in [6, 6.07) is 0. The Morgan fingerprint density at radius 1 is 0.667 bits per heavy atom. The Kier molecular flexibility index (Phi) is 4.01. The number of hydrogen-bond donors (Lipinski definition) is 0. The Morgan fingerprint density at radius 2 is 1.06 bits per heavy atom. The molecule has 0 amide bonds. The first kappa shape index (κ1) is 12.6. The van der Waals surface area contributed by atoms with E-state index in [0.717, 1.165) is 31.5 Å². The molecule has 0 bridgehead atoms. The van der Waals surface area contributed by atoms with Gasteiger partial charge in [-0.1, -0.05) is 0 Å². The minimum Gasteiger partial charge on any atom is -0.334 e. The van der Waals surface area contributed by atoms with Crippen LogP contribution in [0.25, 0.3) is 0 Å². The maximum atomic E-state index is 5.63. The van der Waals surface area contributed by atoms with Crippen molar-refractivity contribution in [1.29, 1.82) is 0 Å². The molecule has 3 heterocycles. The van der Waals surface area contributed by atoms with Crippen LogP contribution in [0.1, 0.15) is 25.7 Å². The van der Waals surface area contributed by atoms with E-state index in [0.29, 0.717) is 0 Å². The fourth-order valence-corrected chi connectivity index (χ4v) is 3.52. The number of rotatable bonds is 4. The maximum absolute atomic E-state index is 5.63. The first-order valence-corrected chi connectivity index (χ1v) is 7.72. The number of thiocarbonyl (C=S) groups is 1. The molecule has 0 saturated carbocycles. The van der Waals surface area contributed by atoms with Crippen molar-refractivity contribution in [2.75, 3.05) is 52.6 Å². The van der Waals surface area contributed by atoms with Gasteiger partial charge in [0, 0.05) is 13.1 Å². The first-order valence-electron chi connectivity index (χ1n) is 7.31. The molecular formula is C13H24N4S. The van der Waals surface area contributed by atoms with Crippen LogP contribution in [0.4, 0.5) is 0 Å². The molecule has 0 aromatic heterocycles. The van der Waals surface area contributed by atoms with Crippen LogP contribution in [-0.2, 0) is 0 Å². The van der Waals surface area contributed by atoms with Crippen molar-refractivity contribution in [1.82, 2.24) is 19.6 Å². The molecule has 0 N–H and O–H groups in total. The summed E-state index contributed by atoms with van der Waals surface area (Å²) < 4.78 is 0. The molecule has 3 rings (SSSR count). The van der Waals surface area contributed by atoms with Gasteiger partial charge in [-0.05, 0) is 64.1 Å². The lowest BCUT2D eigenvalue weighted by Gasteiger charge is -2.28. The van der Waals surface area contributed by atoms with Gasteiger partial charge < -0.3 is 9.80 Å². The standard InChI is InChI=1S/C13H24N4S/c18-13-16(11-14-5-1-2-6-14)9-10-17(13)12-15-7-3-4-8-15/h1-12H2. The Balaban J connectivity index is 1.48. The third-order valence-electron chi connectivity index (χ3n) is 4.32. The van der Waals surface area contributed by atoms with E-state index < -0.39 is 0 Å². The summed E-state index contributed by atoms with van der Waals surface area (Å²) in [6.07, 6.45) is 5.44. The van der Waals surface area contributed by atoms with Gasteiger partial charge >= 0.3 is 0 Å². The van der Waals surface area contributed by atoms with Crippen molar-refractivity contribution >= 4 is 17.3 Å². The predicted octanol–water partition coefficient (Wildman–Crippen LogP) is 0.995. The number of hydrogen-bond acceptors (Lipinski definition) is 3. The average Bonchev–Trinajstić information content (AvgIpc) is 3.08. The lowest BCUT2D eigenvalue weighted by atomic mass is 10.4. The highest BCUT2D eigenvalue weighted by Gasteiger charge is 2.28. The van der Waals surface area contributed by atoms with E-state index in [1.165, 1.54) is 51.9 Å². The molecule has 3 aliphatic rings. The summed E-state index contributed by atoms with van der Waals surface area (Å²) in [5.41, 5.74) is 0. The molecule has 0 radical (unpaired) electrons. The highest BCUT2D eigenvalue weighted by atomic mass is 32.1. The van der Waals surface area contributed by atoms with Crippen LogP contribution in [0.3, 0.4) is 0 Å². The molecule has 0 atom stereocenters. The SMILES string of the molecule is S=C1N(CN2CCCC2)CCN1CN1CCCC1. The van der Waals surface area contributed by atoms with E-state index in [4.69, 9.17) is 12.2 Å². The normalized spacial score (nSPS) is 26.8. The second-order valence-corrected chi connectivity index (χ2v) is 6.11. The van der Waals surface area contributed by atoms with Gasteiger partial charge in [0.25, 0.3) is 0 Å². The third-order valence-corrected chi connectivity index (χ3v) is 4.84. The number of likely N-dealkylation sites (tertiary alicyclic amines) is 2. The summed E-state index contributed by atoms with van der Waals surface area (Å²) in [6.45, 7) is 9.35. The topological polar surface area (TPSA) is 13.0 Å².